The number of benzene rings is 2. The normalized spacial score (nSPS) is 24.1. The first-order valence-electron chi connectivity index (χ1n) is 17.5. The van der Waals surface area contributed by atoms with Crippen LogP contribution in [-0.2, 0) is 21.4 Å². The van der Waals surface area contributed by atoms with E-state index in [9.17, 15) is 18.0 Å². The number of piperazine rings is 1. The molecule has 3 unspecified atom stereocenters. The van der Waals surface area contributed by atoms with Crippen LogP contribution < -0.4 is 9.46 Å². The number of hydrogen-bond donors (Lipinski definition) is 1. The highest BCUT2D eigenvalue weighted by Crippen LogP contribution is 2.47. The van der Waals surface area contributed by atoms with Crippen molar-refractivity contribution in [3.05, 3.63) is 58.7 Å². The lowest BCUT2D eigenvalue weighted by atomic mass is 9.81. The fourth-order valence-corrected chi connectivity index (χ4v) is 10.0. The highest BCUT2D eigenvalue weighted by Gasteiger charge is 2.43. The van der Waals surface area contributed by atoms with Gasteiger partial charge in [0.25, 0.3) is 21.8 Å². The van der Waals surface area contributed by atoms with Crippen molar-refractivity contribution >= 4 is 45.2 Å². The summed E-state index contributed by atoms with van der Waals surface area (Å²) in [7, 11) is 1.49. The third-order valence-corrected chi connectivity index (χ3v) is 12.6. The standard InChI is InChI=1S/C37H44N6O5S/c1-40-19-27-10-11-28(20-40)43(27)37(45)26-15-25-16-29(48-3)12-14-30(25)35-34(23-7-5-4-6-8-23)31-13-9-24(17-32(31)42(35)18-26)36(44)39-49(46,47)33-21-41(2)22-38-33/h9,12-17,22-23,27-28,33H,4-8,10-11,18-21H2,1-3H3,(H,39,44). The number of hydrogen-bond acceptors (Lipinski definition) is 8. The minimum absolute atomic E-state index is 0.0605. The quantitative estimate of drug-likeness (QED) is 0.409. The molecule has 2 amide bonds. The van der Waals surface area contributed by atoms with Gasteiger partial charge in [-0.05, 0) is 86.2 Å². The van der Waals surface area contributed by atoms with Gasteiger partial charge in [0.15, 0.2) is 5.37 Å². The molecule has 5 aliphatic rings. The fraction of sp³-hybridized carbons (Fsp3) is 0.486. The van der Waals surface area contributed by atoms with Crippen molar-refractivity contribution in [1.82, 2.24) is 24.0 Å². The van der Waals surface area contributed by atoms with Gasteiger partial charge in [0, 0.05) is 59.8 Å². The molecule has 4 aliphatic heterocycles. The van der Waals surface area contributed by atoms with E-state index in [1.807, 2.05) is 24.3 Å². The molecule has 3 aromatic rings. The van der Waals surface area contributed by atoms with E-state index in [0.717, 1.165) is 85.1 Å². The van der Waals surface area contributed by atoms with Crippen molar-refractivity contribution in [2.45, 2.75) is 74.9 Å². The molecule has 2 bridgehead atoms. The van der Waals surface area contributed by atoms with Crippen LogP contribution in [0, 0.1) is 0 Å². The van der Waals surface area contributed by atoms with Crippen molar-refractivity contribution in [3.63, 3.8) is 0 Å². The van der Waals surface area contributed by atoms with Gasteiger partial charge in [-0.3, -0.25) is 14.6 Å². The number of amides is 2. The molecular formula is C37H44N6O5S. The number of carbonyl (C=O) groups is 2. The number of fused-ring (bicyclic) bond motifs is 7. The number of likely N-dealkylation sites (tertiary alicyclic amines) is 1. The van der Waals surface area contributed by atoms with Crippen LogP contribution in [0.4, 0.5) is 0 Å². The van der Waals surface area contributed by atoms with Crippen molar-refractivity contribution in [2.75, 3.05) is 40.8 Å². The average molecular weight is 685 g/mol. The number of nitrogens with one attached hydrogen (secondary N) is 1. The van der Waals surface area contributed by atoms with Gasteiger partial charge < -0.3 is 24.0 Å². The molecule has 3 atom stereocenters. The largest absolute Gasteiger partial charge is 0.497 e. The fourth-order valence-electron chi connectivity index (χ4n) is 8.89. The van der Waals surface area contributed by atoms with E-state index >= 15 is 0 Å². The molecule has 1 saturated carbocycles. The van der Waals surface area contributed by atoms with Crippen molar-refractivity contribution < 1.29 is 22.7 Å². The zero-order valence-electron chi connectivity index (χ0n) is 28.4. The summed E-state index contributed by atoms with van der Waals surface area (Å²) >= 11 is 0. The highest BCUT2D eigenvalue weighted by atomic mass is 32.2. The minimum atomic E-state index is -4.04. The van der Waals surface area contributed by atoms with Crippen LogP contribution in [0.1, 0.15) is 72.3 Å². The monoisotopic (exact) mass is 684 g/mol. The predicted molar refractivity (Wildman–Crippen MR) is 190 cm³/mol. The number of aliphatic imine (C=N–C) groups is 1. The van der Waals surface area contributed by atoms with Gasteiger partial charge in [0.05, 0.1) is 32.2 Å². The molecule has 1 aliphatic carbocycles. The molecule has 1 aromatic heterocycles. The Hall–Kier alpha value is -4.16. The van der Waals surface area contributed by atoms with Crippen LogP contribution in [0.15, 0.2) is 47.0 Å². The number of sulfonamides is 1. The zero-order valence-corrected chi connectivity index (χ0v) is 29.2. The Morgan fingerprint density at radius 2 is 1.69 bits per heavy atom. The van der Waals surface area contributed by atoms with E-state index in [1.165, 1.54) is 18.3 Å². The summed E-state index contributed by atoms with van der Waals surface area (Å²) in [5.41, 5.74) is 6.03. The second kappa shape index (κ2) is 12.3. The molecule has 3 fully saturated rings. The van der Waals surface area contributed by atoms with Crippen molar-refractivity contribution in [3.8, 4) is 17.0 Å². The number of nitrogens with zero attached hydrogens (tertiary/aromatic N) is 5. The maximum Gasteiger partial charge on any atom is 0.264 e. The average Bonchev–Trinajstić information content (AvgIpc) is 3.72. The zero-order chi connectivity index (χ0) is 34.0. The first-order valence-corrected chi connectivity index (χ1v) is 19.0. The second-order valence-electron chi connectivity index (χ2n) is 14.5. The van der Waals surface area contributed by atoms with E-state index in [1.54, 1.807) is 31.2 Å². The van der Waals surface area contributed by atoms with Crippen LogP contribution in [0.5, 0.6) is 5.75 Å². The van der Waals surface area contributed by atoms with Crippen LogP contribution in [0.25, 0.3) is 28.2 Å². The van der Waals surface area contributed by atoms with Crippen LogP contribution in [0.3, 0.4) is 0 Å². The number of ether oxygens (including phenoxy) is 1. The van der Waals surface area contributed by atoms with Crippen LogP contribution in [-0.4, -0.2) is 104 Å². The first kappa shape index (κ1) is 32.1. The van der Waals surface area contributed by atoms with Gasteiger partial charge in [-0.1, -0.05) is 25.3 Å². The molecule has 0 spiro atoms. The molecule has 11 nitrogen and oxygen atoms in total. The van der Waals surface area contributed by atoms with E-state index in [2.05, 4.69) is 37.2 Å². The number of aromatic nitrogens is 1. The summed E-state index contributed by atoms with van der Waals surface area (Å²) in [6, 6.07) is 12.0. The van der Waals surface area contributed by atoms with Gasteiger partial charge >= 0.3 is 0 Å². The Labute approximate surface area is 287 Å². The lowest BCUT2D eigenvalue weighted by Crippen LogP contribution is -2.55. The lowest BCUT2D eigenvalue weighted by molar-refractivity contribution is -0.132. The Bertz CT molecular complexity index is 2000. The van der Waals surface area contributed by atoms with Crippen LogP contribution >= 0.6 is 0 Å². The van der Waals surface area contributed by atoms with E-state index < -0.39 is 21.3 Å². The molecule has 5 heterocycles. The molecule has 0 radical (unpaired) electrons. The van der Waals surface area contributed by atoms with Crippen LogP contribution in [0.2, 0.25) is 0 Å². The van der Waals surface area contributed by atoms with Gasteiger partial charge in [-0.2, -0.15) is 0 Å². The lowest BCUT2D eigenvalue weighted by Gasteiger charge is -2.40. The number of rotatable bonds is 6. The molecule has 1 N–H and O–H groups in total. The van der Waals surface area contributed by atoms with Crippen molar-refractivity contribution in [1.29, 1.82) is 0 Å². The maximum atomic E-state index is 14.6. The third kappa shape index (κ3) is 5.62. The molecule has 258 valence electrons. The highest BCUT2D eigenvalue weighted by molar-refractivity contribution is 7.90. The van der Waals surface area contributed by atoms with E-state index in [4.69, 9.17) is 4.74 Å². The predicted octanol–water partition coefficient (Wildman–Crippen LogP) is 4.43. The SMILES string of the molecule is COc1ccc2c(c1)C=C(C(=O)N1C3CCC1CN(C)C3)Cn1c-2c(C2CCCCC2)c2ccc(C(=O)NS(=O)(=O)C3CN(C)C=N3)cc21. The topological polar surface area (TPSA) is 117 Å². The number of carbonyl (C=O) groups excluding carboxylic acids is 2. The molecule has 2 saturated heterocycles. The molecule has 49 heavy (non-hydrogen) atoms. The summed E-state index contributed by atoms with van der Waals surface area (Å²) in [6.07, 6.45) is 11.2. The van der Waals surface area contributed by atoms with E-state index in [-0.39, 0.29) is 30.1 Å². The third-order valence-electron chi connectivity index (χ3n) is 11.2. The summed E-state index contributed by atoms with van der Waals surface area (Å²) in [4.78, 5) is 38.4. The summed E-state index contributed by atoms with van der Waals surface area (Å²) in [6.45, 7) is 2.26. The van der Waals surface area contributed by atoms with Crippen molar-refractivity contribution in [2.24, 2.45) is 4.99 Å². The van der Waals surface area contributed by atoms with Gasteiger partial charge in [0.1, 0.15) is 5.75 Å². The summed E-state index contributed by atoms with van der Waals surface area (Å²) in [5.74, 6) is 0.417. The Morgan fingerprint density at radius 1 is 0.939 bits per heavy atom. The molecular weight excluding hydrogens is 641 g/mol. The summed E-state index contributed by atoms with van der Waals surface area (Å²) < 4.78 is 36.4. The minimum Gasteiger partial charge on any atom is -0.497 e. The Morgan fingerprint density at radius 3 is 2.39 bits per heavy atom. The maximum absolute atomic E-state index is 14.6. The number of methoxy groups -OCH3 is 1. The van der Waals surface area contributed by atoms with Gasteiger partial charge in [-0.15, -0.1) is 0 Å². The smallest absolute Gasteiger partial charge is 0.264 e. The van der Waals surface area contributed by atoms with Gasteiger partial charge in [-0.25, -0.2) is 13.1 Å². The summed E-state index contributed by atoms with van der Waals surface area (Å²) in [5, 5.41) is -0.0109. The first-order chi connectivity index (χ1) is 23.6. The second-order valence-corrected chi connectivity index (χ2v) is 16.3. The molecule has 2 aromatic carbocycles. The van der Waals surface area contributed by atoms with E-state index in [0.29, 0.717) is 18.0 Å². The Kier molecular flexibility index (Phi) is 8.06. The van der Waals surface area contributed by atoms with Gasteiger partial charge in [0.2, 0.25) is 0 Å². The molecule has 8 rings (SSSR count). The molecule has 12 heteroatoms. The number of likely N-dealkylation sites (N-methyl/N-ethyl adjacent to an activating group) is 2. The Balaban J connectivity index is 1.27.